The Hall–Kier alpha value is -2.37. The first-order chi connectivity index (χ1) is 13.2. The van der Waals surface area contributed by atoms with Crippen molar-refractivity contribution in [2.45, 2.75) is 52.0 Å². The zero-order valence-corrected chi connectivity index (χ0v) is 17.0. The van der Waals surface area contributed by atoms with Gasteiger partial charge < -0.3 is 4.57 Å². The average Bonchev–Trinajstić information content (AvgIpc) is 3.00. The van der Waals surface area contributed by atoms with Crippen LogP contribution in [-0.2, 0) is 11.3 Å². The highest BCUT2D eigenvalue weighted by Gasteiger charge is 2.15. The molecule has 2 heterocycles. The van der Waals surface area contributed by atoms with Crippen LogP contribution in [0, 0.1) is 6.92 Å². The van der Waals surface area contributed by atoms with Crippen LogP contribution >= 0.6 is 12.4 Å². The second kappa shape index (κ2) is 10.8. The van der Waals surface area contributed by atoms with Crippen molar-refractivity contribution in [1.82, 2.24) is 15.0 Å². The number of benzene rings is 1. The molecule has 5 nitrogen and oxygen atoms in total. The Morgan fingerprint density at radius 3 is 2.57 bits per heavy atom. The lowest BCUT2D eigenvalue weighted by atomic mass is 10.1. The number of carbonyl (C=O) groups excluding carboxylic acids is 1. The van der Waals surface area contributed by atoms with Gasteiger partial charge in [-0.15, -0.1) is 12.4 Å². The number of hydrogen-bond acceptors (Lipinski definition) is 3. The number of hydrogen-bond donors (Lipinski definition) is 2. The predicted octanol–water partition coefficient (Wildman–Crippen LogP) is 5.28. The van der Waals surface area contributed by atoms with Crippen LogP contribution in [0.25, 0.3) is 22.2 Å². The molecule has 28 heavy (non-hydrogen) atoms. The van der Waals surface area contributed by atoms with Gasteiger partial charge in [-0.05, 0) is 43.5 Å². The van der Waals surface area contributed by atoms with E-state index in [0.717, 1.165) is 44.2 Å². The minimum Gasteiger partial charge on any atom is -0.340 e. The molecule has 6 heteroatoms. The highest BCUT2D eigenvalue weighted by Crippen LogP contribution is 2.33. The van der Waals surface area contributed by atoms with E-state index in [1.807, 2.05) is 18.5 Å². The Kier molecular flexibility index (Phi) is 8.48. The third-order valence-electron chi connectivity index (χ3n) is 5.07. The summed E-state index contributed by atoms with van der Waals surface area (Å²) in [5.74, 6) is -0.301. The number of aryl methyl sites for hydroxylation is 2. The summed E-state index contributed by atoms with van der Waals surface area (Å²) in [6, 6.07) is 12.7. The van der Waals surface area contributed by atoms with Crippen molar-refractivity contribution in [3.05, 3.63) is 54.4 Å². The Bertz CT molecular complexity index is 893. The third-order valence-corrected chi connectivity index (χ3v) is 5.07. The Morgan fingerprint density at radius 1 is 1.07 bits per heavy atom. The van der Waals surface area contributed by atoms with Gasteiger partial charge in [-0.2, -0.15) is 0 Å². The number of aromatic nitrogens is 2. The fraction of sp³-hybridized carbons (Fsp3) is 0.364. The van der Waals surface area contributed by atoms with Crippen molar-refractivity contribution in [3.63, 3.8) is 0 Å². The van der Waals surface area contributed by atoms with Crippen LogP contribution in [0.5, 0.6) is 0 Å². The quantitative estimate of drug-likeness (QED) is 0.291. The number of hydroxylamine groups is 1. The first-order valence-corrected chi connectivity index (χ1v) is 9.63. The van der Waals surface area contributed by atoms with Gasteiger partial charge in [0.2, 0.25) is 5.91 Å². The fourth-order valence-corrected chi connectivity index (χ4v) is 3.73. The van der Waals surface area contributed by atoms with E-state index in [9.17, 15) is 4.79 Å². The Morgan fingerprint density at radius 2 is 1.82 bits per heavy atom. The zero-order chi connectivity index (χ0) is 19.1. The Balaban J connectivity index is 0.00000280. The van der Waals surface area contributed by atoms with Gasteiger partial charge in [-0.25, -0.2) is 5.48 Å². The van der Waals surface area contributed by atoms with Crippen molar-refractivity contribution in [2.24, 2.45) is 0 Å². The van der Waals surface area contributed by atoms with E-state index in [4.69, 9.17) is 5.21 Å². The van der Waals surface area contributed by atoms with Gasteiger partial charge in [0.05, 0.1) is 5.69 Å². The number of pyridine rings is 1. The molecule has 0 radical (unpaired) electrons. The van der Waals surface area contributed by atoms with Crippen molar-refractivity contribution in [3.8, 4) is 11.3 Å². The minimum absolute atomic E-state index is 0. The second-order valence-electron chi connectivity index (χ2n) is 6.94. The van der Waals surface area contributed by atoms with Gasteiger partial charge in [-0.3, -0.25) is 15.0 Å². The van der Waals surface area contributed by atoms with Crippen LogP contribution in [0.2, 0.25) is 0 Å². The summed E-state index contributed by atoms with van der Waals surface area (Å²) in [6.45, 7) is 3.16. The van der Waals surface area contributed by atoms with Crippen molar-refractivity contribution in [2.75, 3.05) is 0 Å². The van der Waals surface area contributed by atoms with E-state index >= 15 is 0 Å². The molecule has 150 valence electrons. The number of nitrogens with one attached hydrogen (secondary N) is 1. The maximum atomic E-state index is 11.0. The van der Waals surface area contributed by atoms with Crippen LogP contribution in [0.3, 0.4) is 0 Å². The maximum absolute atomic E-state index is 11.0. The van der Waals surface area contributed by atoms with Gasteiger partial charge in [0, 0.05) is 41.8 Å². The number of fused-ring (bicyclic) bond motifs is 1. The largest absolute Gasteiger partial charge is 0.340 e. The van der Waals surface area contributed by atoms with Crippen molar-refractivity contribution >= 4 is 29.2 Å². The van der Waals surface area contributed by atoms with Crippen molar-refractivity contribution < 1.29 is 10.0 Å². The summed E-state index contributed by atoms with van der Waals surface area (Å²) < 4.78 is 2.42. The standard InChI is InChI=1S/C22H27N3O2.ClH/c1-17-19-11-6-7-12-20(19)25(22(17)18-10-9-14-23-16-18)15-8-4-2-3-5-13-21(26)24-27;/h6-7,9-12,14,16,27H,2-5,8,13,15H2,1H3,(H,24,26);1H. The molecule has 0 aliphatic carbocycles. The molecule has 2 aromatic heterocycles. The maximum Gasteiger partial charge on any atom is 0.243 e. The van der Waals surface area contributed by atoms with Gasteiger partial charge in [0.25, 0.3) is 0 Å². The van der Waals surface area contributed by atoms with Crippen LogP contribution < -0.4 is 5.48 Å². The van der Waals surface area contributed by atoms with Crippen LogP contribution in [0.15, 0.2) is 48.8 Å². The van der Waals surface area contributed by atoms with E-state index in [1.165, 1.54) is 22.2 Å². The lowest BCUT2D eigenvalue weighted by molar-refractivity contribution is -0.129. The molecular formula is C22H28ClN3O2. The molecular weight excluding hydrogens is 374 g/mol. The Labute approximate surface area is 172 Å². The van der Waals surface area contributed by atoms with Crippen LogP contribution in [0.4, 0.5) is 0 Å². The SMILES string of the molecule is Cc1c(-c2cccnc2)n(CCCCCCCC(=O)NO)c2ccccc12.Cl. The summed E-state index contributed by atoms with van der Waals surface area (Å²) in [6.07, 6.45) is 9.28. The molecule has 0 fully saturated rings. The molecule has 1 aromatic carbocycles. The molecule has 0 spiro atoms. The summed E-state index contributed by atoms with van der Waals surface area (Å²) in [7, 11) is 0. The summed E-state index contributed by atoms with van der Waals surface area (Å²) in [5.41, 5.74) is 6.66. The summed E-state index contributed by atoms with van der Waals surface area (Å²) in [4.78, 5) is 15.3. The molecule has 2 N–H and O–H groups in total. The first-order valence-electron chi connectivity index (χ1n) is 9.63. The number of halogens is 1. The van der Waals surface area contributed by atoms with Gasteiger partial charge >= 0.3 is 0 Å². The molecule has 0 atom stereocenters. The molecule has 0 saturated heterocycles. The van der Waals surface area contributed by atoms with Gasteiger partial charge in [-0.1, -0.05) is 37.5 Å². The van der Waals surface area contributed by atoms with E-state index < -0.39 is 0 Å². The molecule has 3 aromatic rings. The molecule has 0 aliphatic rings. The third kappa shape index (κ3) is 5.12. The van der Waals surface area contributed by atoms with E-state index in [-0.39, 0.29) is 18.3 Å². The number of rotatable bonds is 9. The summed E-state index contributed by atoms with van der Waals surface area (Å²) in [5, 5.41) is 9.80. The first kappa shape index (κ1) is 21.9. The molecule has 0 bridgehead atoms. The van der Waals surface area contributed by atoms with Crippen LogP contribution in [-0.4, -0.2) is 20.7 Å². The highest BCUT2D eigenvalue weighted by molar-refractivity contribution is 5.91. The number of carbonyl (C=O) groups is 1. The topological polar surface area (TPSA) is 67.2 Å². The smallest absolute Gasteiger partial charge is 0.243 e. The fourth-order valence-electron chi connectivity index (χ4n) is 3.73. The van der Waals surface area contributed by atoms with E-state index in [2.05, 4.69) is 46.8 Å². The highest BCUT2D eigenvalue weighted by atomic mass is 35.5. The number of nitrogens with zero attached hydrogens (tertiary/aromatic N) is 2. The number of para-hydroxylation sites is 1. The lowest BCUT2D eigenvalue weighted by Crippen LogP contribution is -2.17. The van der Waals surface area contributed by atoms with Gasteiger partial charge in [0.15, 0.2) is 0 Å². The molecule has 1 amide bonds. The molecule has 3 rings (SSSR count). The minimum atomic E-state index is -0.301. The predicted molar refractivity (Wildman–Crippen MR) is 115 cm³/mol. The normalized spacial score (nSPS) is 10.6. The van der Waals surface area contributed by atoms with Crippen molar-refractivity contribution in [1.29, 1.82) is 0 Å². The monoisotopic (exact) mass is 401 g/mol. The summed E-state index contributed by atoms with van der Waals surface area (Å²) >= 11 is 0. The van der Waals surface area contributed by atoms with E-state index in [1.54, 1.807) is 5.48 Å². The average molecular weight is 402 g/mol. The molecule has 0 unspecified atom stereocenters. The van der Waals surface area contributed by atoms with Gasteiger partial charge in [0.1, 0.15) is 0 Å². The zero-order valence-electron chi connectivity index (χ0n) is 16.2. The second-order valence-corrected chi connectivity index (χ2v) is 6.94. The molecule has 0 saturated carbocycles. The number of amides is 1. The number of unbranched alkanes of at least 4 members (excludes halogenated alkanes) is 4. The van der Waals surface area contributed by atoms with Crippen LogP contribution in [0.1, 0.15) is 44.1 Å². The molecule has 0 aliphatic heterocycles. The lowest BCUT2D eigenvalue weighted by Gasteiger charge is -2.12. The van der Waals surface area contributed by atoms with E-state index in [0.29, 0.717) is 6.42 Å².